The molecular formula is C14H15ClN2O2S. The Morgan fingerprint density at radius 3 is 2.55 bits per heavy atom. The summed E-state index contributed by atoms with van der Waals surface area (Å²) >= 11 is 7.41. The smallest absolute Gasteiger partial charge is 0.251 e. The van der Waals surface area contributed by atoms with Gasteiger partial charge in [-0.25, -0.2) is 0 Å². The predicted molar refractivity (Wildman–Crippen MR) is 82.5 cm³/mol. The standard InChI is InChI=1S/C14H15ClN2O2S/c15-13-6-5-12(20-13)9-17-11-3-1-10(2-4-11)14(19)16-7-8-18/h1-6,17-18H,7-9H2,(H,16,19). The lowest BCUT2D eigenvalue weighted by atomic mass is 10.2. The van der Waals surface area contributed by atoms with E-state index >= 15 is 0 Å². The number of aliphatic hydroxyl groups is 1. The van der Waals surface area contributed by atoms with Crippen molar-refractivity contribution in [2.24, 2.45) is 0 Å². The number of nitrogens with one attached hydrogen (secondary N) is 2. The van der Waals surface area contributed by atoms with Crippen LogP contribution in [-0.4, -0.2) is 24.2 Å². The van der Waals surface area contributed by atoms with E-state index in [-0.39, 0.29) is 19.1 Å². The van der Waals surface area contributed by atoms with Gasteiger partial charge in [0, 0.05) is 29.2 Å². The van der Waals surface area contributed by atoms with E-state index in [1.165, 1.54) is 11.3 Å². The molecule has 0 aliphatic rings. The number of amides is 1. The van der Waals surface area contributed by atoms with Gasteiger partial charge >= 0.3 is 0 Å². The van der Waals surface area contributed by atoms with Crippen LogP contribution in [0.5, 0.6) is 0 Å². The number of carbonyl (C=O) groups is 1. The van der Waals surface area contributed by atoms with Gasteiger partial charge in [-0.2, -0.15) is 0 Å². The molecule has 1 amide bonds. The molecule has 0 unspecified atom stereocenters. The first-order valence-electron chi connectivity index (χ1n) is 6.16. The molecule has 0 saturated carbocycles. The number of aliphatic hydroxyl groups excluding tert-OH is 1. The van der Waals surface area contributed by atoms with Crippen molar-refractivity contribution in [3.8, 4) is 0 Å². The van der Waals surface area contributed by atoms with Crippen LogP contribution in [0.1, 0.15) is 15.2 Å². The van der Waals surface area contributed by atoms with Gasteiger partial charge in [0.15, 0.2) is 0 Å². The van der Waals surface area contributed by atoms with Gasteiger partial charge in [0.1, 0.15) is 0 Å². The summed E-state index contributed by atoms with van der Waals surface area (Å²) in [7, 11) is 0. The predicted octanol–water partition coefficient (Wildman–Crippen LogP) is 2.74. The SMILES string of the molecule is O=C(NCCO)c1ccc(NCc2ccc(Cl)s2)cc1. The number of hydrogen-bond acceptors (Lipinski definition) is 4. The third-order valence-corrected chi connectivity index (χ3v) is 3.87. The van der Waals surface area contributed by atoms with Gasteiger partial charge in [-0.05, 0) is 36.4 Å². The lowest BCUT2D eigenvalue weighted by molar-refractivity contribution is 0.0945. The number of carbonyl (C=O) groups excluding carboxylic acids is 1. The van der Waals surface area contributed by atoms with Crippen LogP contribution in [-0.2, 0) is 6.54 Å². The first kappa shape index (κ1) is 14.8. The molecule has 106 valence electrons. The van der Waals surface area contributed by atoms with E-state index in [0.717, 1.165) is 14.9 Å². The topological polar surface area (TPSA) is 61.4 Å². The zero-order valence-corrected chi connectivity index (χ0v) is 12.3. The summed E-state index contributed by atoms with van der Waals surface area (Å²) in [5.41, 5.74) is 1.51. The van der Waals surface area contributed by atoms with E-state index < -0.39 is 0 Å². The zero-order chi connectivity index (χ0) is 14.4. The van der Waals surface area contributed by atoms with Crippen molar-refractivity contribution in [2.45, 2.75) is 6.54 Å². The van der Waals surface area contributed by atoms with E-state index in [0.29, 0.717) is 12.1 Å². The maximum absolute atomic E-state index is 11.6. The molecule has 20 heavy (non-hydrogen) atoms. The Morgan fingerprint density at radius 2 is 1.95 bits per heavy atom. The van der Waals surface area contributed by atoms with Gasteiger partial charge in [0.2, 0.25) is 0 Å². The number of halogens is 1. The van der Waals surface area contributed by atoms with Crippen LogP contribution in [0.15, 0.2) is 36.4 Å². The number of hydrogen-bond donors (Lipinski definition) is 3. The minimum absolute atomic E-state index is 0.0608. The number of benzene rings is 1. The van der Waals surface area contributed by atoms with Crippen LogP contribution in [0.25, 0.3) is 0 Å². The maximum atomic E-state index is 11.6. The summed E-state index contributed by atoms with van der Waals surface area (Å²) in [5.74, 6) is -0.185. The fraction of sp³-hybridized carbons (Fsp3) is 0.214. The normalized spacial score (nSPS) is 10.3. The Labute approximate surface area is 126 Å². The van der Waals surface area contributed by atoms with Crippen LogP contribution >= 0.6 is 22.9 Å². The van der Waals surface area contributed by atoms with Crippen molar-refractivity contribution >= 4 is 34.5 Å². The van der Waals surface area contributed by atoms with Crippen molar-refractivity contribution in [1.29, 1.82) is 0 Å². The maximum Gasteiger partial charge on any atom is 0.251 e. The first-order chi connectivity index (χ1) is 9.69. The van der Waals surface area contributed by atoms with Crippen molar-refractivity contribution in [3.05, 3.63) is 51.2 Å². The minimum Gasteiger partial charge on any atom is -0.395 e. The van der Waals surface area contributed by atoms with Gasteiger partial charge in [0.05, 0.1) is 10.9 Å². The molecule has 2 rings (SSSR count). The number of thiophene rings is 1. The molecule has 1 heterocycles. The molecule has 2 aromatic rings. The molecule has 0 radical (unpaired) electrons. The molecule has 0 atom stereocenters. The van der Waals surface area contributed by atoms with E-state index in [1.54, 1.807) is 12.1 Å². The van der Waals surface area contributed by atoms with E-state index in [1.807, 2.05) is 24.3 Å². The van der Waals surface area contributed by atoms with E-state index in [4.69, 9.17) is 16.7 Å². The molecule has 3 N–H and O–H groups in total. The zero-order valence-electron chi connectivity index (χ0n) is 10.7. The van der Waals surface area contributed by atoms with Crippen molar-refractivity contribution in [3.63, 3.8) is 0 Å². The average Bonchev–Trinajstić information content (AvgIpc) is 2.89. The van der Waals surface area contributed by atoms with Crippen LogP contribution in [0.4, 0.5) is 5.69 Å². The second-order valence-electron chi connectivity index (χ2n) is 4.12. The Bertz CT molecular complexity index is 569. The van der Waals surface area contributed by atoms with Crippen molar-refractivity contribution in [2.75, 3.05) is 18.5 Å². The molecule has 1 aromatic heterocycles. The van der Waals surface area contributed by atoms with Gasteiger partial charge in [-0.15, -0.1) is 11.3 Å². The largest absolute Gasteiger partial charge is 0.395 e. The fourth-order valence-electron chi connectivity index (χ4n) is 1.65. The Balaban J connectivity index is 1.89. The summed E-state index contributed by atoms with van der Waals surface area (Å²) in [5, 5.41) is 14.5. The molecule has 0 aliphatic carbocycles. The van der Waals surface area contributed by atoms with Crippen LogP contribution in [0, 0.1) is 0 Å². The highest BCUT2D eigenvalue weighted by atomic mass is 35.5. The molecule has 4 nitrogen and oxygen atoms in total. The van der Waals surface area contributed by atoms with Crippen LogP contribution < -0.4 is 10.6 Å². The number of anilines is 1. The molecule has 0 aliphatic heterocycles. The van der Waals surface area contributed by atoms with E-state index in [9.17, 15) is 4.79 Å². The molecule has 0 fully saturated rings. The highest BCUT2D eigenvalue weighted by Crippen LogP contribution is 2.22. The van der Waals surface area contributed by atoms with Crippen molar-refractivity contribution in [1.82, 2.24) is 5.32 Å². The quantitative estimate of drug-likeness (QED) is 0.769. The fourth-order valence-corrected chi connectivity index (χ4v) is 2.67. The van der Waals surface area contributed by atoms with Crippen LogP contribution in [0.3, 0.4) is 0 Å². The van der Waals surface area contributed by atoms with Crippen LogP contribution in [0.2, 0.25) is 4.34 Å². The lowest BCUT2D eigenvalue weighted by Crippen LogP contribution is -2.26. The van der Waals surface area contributed by atoms with Gasteiger partial charge in [0.25, 0.3) is 5.91 Å². The minimum atomic E-state index is -0.185. The Kier molecular flexibility index (Phi) is 5.40. The highest BCUT2D eigenvalue weighted by molar-refractivity contribution is 7.16. The second kappa shape index (κ2) is 7.28. The highest BCUT2D eigenvalue weighted by Gasteiger charge is 2.04. The summed E-state index contributed by atoms with van der Waals surface area (Å²) in [4.78, 5) is 12.8. The van der Waals surface area contributed by atoms with Gasteiger partial charge < -0.3 is 15.7 Å². The number of rotatable bonds is 6. The molecule has 6 heteroatoms. The van der Waals surface area contributed by atoms with E-state index in [2.05, 4.69) is 10.6 Å². The Hall–Kier alpha value is -1.56. The Morgan fingerprint density at radius 1 is 1.20 bits per heavy atom. The molecule has 0 saturated heterocycles. The summed E-state index contributed by atoms with van der Waals surface area (Å²) in [6, 6.07) is 11.0. The monoisotopic (exact) mass is 310 g/mol. The second-order valence-corrected chi connectivity index (χ2v) is 5.92. The van der Waals surface area contributed by atoms with Crippen molar-refractivity contribution < 1.29 is 9.90 Å². The first-order valence-corrected chi connectivity index (χ1v) is 7.35. The summed E-state index contributed by atoms with van der Waals surface area (Å²) in [6.07, 6.45) is 0. The van der Waals surface area contributed by atoms with Gasteiger partial charge in [-0.3, -0.25) is 4.79 Å². The lowest BCUT2D eigenvalue weighted by Gasteiger charge is -2.07. The van der Waals surface area contributed by atoms with Gasteiger partial charge in [-0.1, -0.05) is 11.6 Å². The molecular weight excluding hydrogens is 296 g/mol. The average molecular weight is 311 g/mol. The summed E-state index contributed by atoms with van der Waals surface area (Å²) in [6.45, 7) is 0.903. The molecule has 0 spiro atoms. The third-order valence-electron chi connectivity index (χ3n) is 2.64. The molecule has 1 aromatic carbocycles. The molecule has 0 bridgehead atoms. The summed E-state index contributed by atoms with van der Waals surface area (Å²) < 4.78 is 0.776. The third kappa shape index (κ3) is 4.23.